The molecule has 0 aliphatic heterocycles. The summed E-state index contributed by atoms with van der Waals surface area (Å²) in [6.07, 6.45) is 2.14. The Morgan fingerprint density at radius 3 is 2.57 bits per heavy atom. The highest BCUT2D eigenvalue weighted by Crippen LogP contribution is 1.97. The fourth-order valence-corrected chi connectivity index (χ4v) is 1.15. The van der Waals surface area contributed by atoms with Gasteiger partial charge in [0.15, 0.2) is 0 Å². The summed E-state index contributed by atoms with van der Waals surface area (Å²) in [6.45, 7) is 3.66. The molecule has 0 aliphatic carbocycles. The van der Waals surface area contributed by atoms with Crippen molar-refractivity contribution in [3.63, 3.8) is 0 Å². The van der Waals surface area contributed by atoms with Crippen LogP contribution in [0.4, 0.5) is 0 Å². The number of carbonyl (C=O) groups excluding carboxylic acids is 1. The van der Waals surface area contributed by atoms with Crippen molar-refractivity contribution in [2.75, 3.05) is 33.1 Å². The Kier molecular flexibility index (Phi) is 7.90. The second kappa shape index (κ2) is 8.06. The number of unbranched alkanes of at least 4 members (excludes halogenated alkanes) is 1. The molecule has 1 N–H and O–H groups in total. The van der Waals surface area contributed by atoms with Gasteiger partial charge in [0.05, 0.1) is 0 Å². The lowest BCUT2D eigenvalue weighted by atomic mass is 10.2. The van der Waals surface area contributed by atoms with Crippen molar-refractivity contribution in [1.29, 1.82) is 0 Å². The largest absolute Gasteiger partial charge is 0.356 e. The summed E-state index contributed by atoms with van der Waals surface area (Å²) in [6, 6.07) is 0. The predicted molar refractivity (Wildman–Crippen MR) is 60.7 cm³/mol. The van der Waals surface area contributed by atoms with Crippen molar-refractivity contribution in [2.24, 2.45) is 5.92 Å². The first-order valence-electron chi connectivity index (χ1n) is 5.06. The molecule has 0 fully saturated rings. The van der Waals surface area contributed by atoms with Gasteiger partial charge in [0.25, 0.3) is 0 Å². The highest BCUT2D eigenvalue weighted by atomic mass is 35.5. The van der Waals surface area contributed by atoms with E-state index >= 15 is 0 Å². The van der Waals surface area contributed by atoms with E-state index in [0.29, 0.717) is 5.88 Å². The van der Waals surface area contributed by atoms with Crippen LogP contribution in [0.15, 0.2) is 0 Å². The summed E-state index contributed by atoms with van der Waals surface area (Å²) in [5, 5.41) is 2.87. The SMILES string of the molecule is CC(CCl)C(=O)NCCCCN(C)C. The van der Waals surface area contributed by atoms with Crippen molar-refractivity contribution in [3.05, 3.63) is 0 Å². The molecule has 0 aromatic carbocycles. The van der Waals surface area contributed by atoms with Crippen molar-refractivity contribution in [3.8, 4) is 0 Å². The maximum absolute atomic E-state index is 11.3. The van der Waals surface area contributed by atoms with E-state index in [2.05, 4.69) is 10.2 Å². The average Bonchev–Trinajstić information content (AvgIpc) is 2.15. The summed E-state index contributed by atoms with van der Waals surface area (Å²) in [7, 11) is 4.10. The lowest BCUT2D eigenvalue weighted by molar-refractivity contribution is -0.123. The third-order valence-electron chi connectivity index (χ3n) is 2.01. The van der Waals surface area contributed by atoms with Gasteiger partial charge in [0.2, 0.25) is 5.91 Å². The number of alkyl halides is 1. The topological polar surface area (TPSA) is 32.3 Å². The number of hydrogen-bond donors (Lipinski definition) is 1. The number of halogens is 1. The van der Waals surface area contributed by atoms with Crippen LogP contribution >= 0.6 is 11.6 Å². The molecule has 0 saturated carbocycles. The fourth-order valence-electron chi connectivity index (χ4n) is 1.01. The van der Waals surface area contributed by atoms with Crippen molar-refractivity contribution < 1.29 is 4.79 Å². The second-order valence-electron chi connectivity index (χ2n) is 3.86. The summed E-state index contributed by atoms with van der Waals surface area (Å²) in [5.74, 6) is 0.374. The van der Waals surface area contributed by atoms with Gasteiger partial charge in [-0.2, -0.15) is 0 Å². The normalized spacial score (nSPS) is 12.9. The van der Waals surface area contributed by atoms with Crippen LogP contribution in [0, 0.1) is 5.92 Å². The molecule has 4 heteroatoms. The highest BCUT2D eigenvalue weighted by molar-refractivity contribution is 6.19. The minimum absolute atomic E-state index is 0.0600. The third-order valence-corrected chi connectivity index (χ3v) is 2.47. The van der Waals surface area contributed by atoms with E-state index in [0.717, 1.165) is 25.9 Å². The van der Waals surface area contributed by atoms with Crippen LogP contribution in [-0.4, -0.2) is 43.9 Å². The Balaban J connectivity index is 3.32. The molecular formula is C10H21ClN2O. The minimum atomic E-state index is -0.0782. The Morgan fingerprint density at radius 1 is 1.43 bits per heavy atom. The molecule has 14 heavy (non-hydrogen) atoms. The van der Waals surface area contributed by atoms with Gasteiger partial charge in [0.1, 0.15) is 0 Å². The van der Waals surface area contributed by atoms with Crippen LogP contribution in [-0.2, 0) is 4.79 Å². The number of rotatable bonds is 7. The zero-order valence-electron chi connectivity index (χ0n) is 9.35. The lowest BCUT2D eigenvalue weighted by Crippen LogP contribution is -2.31. The van der Waals surface area contributed by atoms with Crippen LogP contribution in [0.5, 0.6) is 0 Å². The maximum Gasteiger partial charge on any atom is 0.224 e. The van der Waals surface area contributed by atoms with E-state index in [9.17, 15) is 4.79 Å². The van der Waals surface area contributed by atoms with E-state index < -0.39 is 0 Å². The van der Waals surface area contributed by atoms with Gasteiger partial charge in [0, 0.05) is 18.3 Å². The molecule has 0 spiro atoms. The number of nitrogens with zero attached hydrogens (tertiary/aromatic N) is 1. The van der Waals surface area contributed by atoms with E-state index in [4.69, 9.17) is 11.6 Å². The van der Waals surface area contributed by atoms with Crippen LogP contribution in [0.25, 0.3) is 0 Å². The van der Waals surface area contributed by atoms with Crippen molar-refractivity contribution in [2.45, 2.75) is 19.8 Å². The summed E-state index contributed by atoms with van der Waals surface area (Å²) in [4.78, 5) is 13.4. The molecule has 0 aromatic rings. The molecule has 1 atom stereocenters. The zero-order valence-corrected chi connectivity index (χ0v) is 10.1. The Bertz CT molecular complexity index is 162. The summed E-state index contributed by atoms with van der Waals surface area (Å²) < 4.78 is 0. The van der Waals surface area contributed by atoms with Crippen LogP contribution in [0.3, 0.4) is 0 Å². The summed E-state index contributed by atoms with van der Waals surface area (Å²) in [5.41, 5.74) is 0. The molecule has 0 radical (unpaired) electrons. The number of nitrogens with one attached hydrogen (secondary N) is 1. The molecule has 84 valence electrons. The molecule has 0 aromatic heterocycles. The quantitative estimate of drug-likeness (QED) is 0.519. The molecule has 0 saturated heterocycles. The van der Waals surface area contributed by atoms with E-state index in [1.807, 2.05) is 21.0 Å². The predicted octanol–water partition coefficient (Wildman–Crippen LogP) is 1.32. The Labute approximate surface area is 91.8 Å². The Hall–Kier alpha value is -0.280. The smallest absolute Gasteiger partial charge is 0.224 e. The van der Waals surface area contributed by atoms with Crippen molar-refractivity contribution >= 4 is 17.5 Å². The van der Waals surface area contributed by atoms with Gasteiger partial charge in [-0.05, 0) is 33.5 Å². The third kappa shape index (κ3) is 7.15. The summed E-state index contributed by atoms with van der Waals surface area (Å²) >= 11 is 5.56. The van der Waals surface area contributed by atoms with E-state index in [1.165, 1.54) is 0 Å². The zero-order chi connectivity index (χ0) is 11.0. The van der Waals surface area contributed by atoms with Crippen LogP contribution in [0.2, 0.25) is 0 Å². The minimum Gasteiger partial charge on any atom is -0.356 e. The molecular weight excluding hydrogens is 200 g/mol. The first kappa shape index (κ1) is 13.7. The Morgan fingerprint density at radius 2 is 2.07 bits per heavy atom. The fraction of sp³-hybridized carbons (Fsp3) is 0.900. The highest BCUT2D eigenvalue weighted by Gasteiger charge is 2.09. The molecule has 0 aliphatic rings. The molecule has 0 rings (SSSR count). The van der Waals surface area contributed by atoms with Gasteiger partial charge >= 0.3 is 0 Å². The first-order chi connectivity index (χ1) is 6.57. The number of carbonyl (C=O) groups is 1. The van der Waals surface area contributed by atoms with E-state index in [-0.39, 0.29) is 11.8 Å². The van der Waals surface area contributed by atoms with Gasteiger partial charge in [-0.3, -0.25) is 4.79 Å². The van der Waals surface area contributed by atoms with Gasteiger partial charge < -0.3 is 10.2 Å². The first-order valence-corrected chi connectivity index (χ1v) is 5.59. The van der Waals surface area contributed by atoms with Crippen LogP contribution < -0.4 is 5.32 Å². The standard InChI is InChI=1S/C10H21ClN2O/c1-9(8-11)10(14)12-6-4-5-7-13(2)3/h9H,4-8H2,1-3H3,(H,12,14). The van der Waals surface area contributed by atoms with Gasteiger partial charge in [-0.1, -0.05) is 6.92 Å². The van der Waals surface area contributed by atoms with Gasteiger partial charge in [-0.25, -0.2) is 0 Å². The maximum atomic E-state index is 11.3. The van der Waals surface area contributed by atoms with Gasteiger partial charge in [-0.15, -0.1) is 11.6 Å². The lowest BCUT2D eigenvalue weighted by Gasteiger charge is -2.11. The number of amides is 1. The van der Waals surface area contributed by atoms with Crippen LogP contribution in [0.1, 0.15) is 19.8 Å². The molecule has 0 heterocycles. The molecule has 1 amide bonds. The molecule has 0 bridgehead atoms. The molecule has 1 unspecified atom stereocenters. The van der Waals surface area contributed by atoms with Crippen molar-refractivity contribution in [1.82, 2.24) is 10.2 Å². The number of hydrogen-bond acceptors (Lipinski definition) is 2. The average molecular weight is 221 g/mol. The molecule has 3 nitrogen and oxygen atoms in total. The van der Waals surface area contributed by atoms with E-state index in [1.54, 1.807) is 0 Å². The monoisotopic (exact) mass is 220 g/mol. The second-order valence-corrected chi connectivity index (χ2v) is 4.17.